The first-order valence-corrected chi connectivity index (χ1v) is 10.7. The van der Waals surface area contributed by atoms with Gasteiger partial charge < -0.3 is 14.8 Å². The summed E-state index contributed by atoms with van der Waals surface area (Å²) >= 11 is 6.26. The van der Waals surface area contributed by atoms with E-state index in [1.54, 1.807) is 18.2 Å². The van der Waals surface area contributed by atoms with Gasteiger partial charge in [-0.2, -0.15) is 5.10 Å². The highest BCUT2D eigenvalue weighted by molar-refractivity contribution is 6.31. The van der Waals surface area contributed by atoms with Gasteiger partial charge >= 0.3 is 5.97 Å². The van der Waals surface area contributed by atoms with E-state index in [9.17, 15) is 9.59 Å². The zero-order valence-corrected chi connectivity index (χ0v) is 19.8. The largest absolute Gasteiger partial charge is 0.495 e. The molecule has 3 rings (SSSR count). The fraction of sp³-hybridized carbons (Fsp3) is 0.240. The van der Waals surface area contributed by atoms with Crippen molar-refractivity contribution in [1.29, 1.82) is 0 Å². The number of carbonyl (C=O) groups is 2. The normalized spacial score (nSPS) is 10.9. The monoisotopic (exact) mass is 467 g/mol. The molecule has 1 heterocycles. The van der Waals surface area contributed by atoms with E-state index in [2.05, 4.69) is 10.4 Å². The summed E-state index contributed by atoms with van der Waals surface area (Å²) in [5.74, 6) is -0.556. The number of ether oxygens (including phenoxy) is 2. The molecule has 1 amide bonds. The first-order valence-electron chi connectivity index (χ1n) is 10.3. The number of esters is 1. The first kappa shape index (κ1) is 24.1. The summed E-state index contributed by atoms with van der Waals surface area (Å²) in [6.45, 7) is 5.80. The number of carbonyl (C=O) groups excluding carboxylic acids is 2. The minimum atomic E-state index is -0.626. The summed E-state index contributed by atoms with van der Waals surface area (Å²) in [6, 6.07) is 13.0. The number of aryl methyl sites for hydroxylation is 2. The molecule has 0 aliphatic rings. The van der Waals surface area contributed by atoms with Crippen LogP contribution in [0.3, 0.4) is 0 Å². The number of nitrogens with one attached hydrogen (secondary N) is 1. The number of hydrogen-bond acceptors (Lipinski definition) is 5. The average molecular weight is 468 g/mol. The maximum Gasteiger partial charge on any atom is 0.331 e. The van der Waals surface area contributed by atoms with Gasteiger partial charge in [0.2, 0.25) is 0 Å². The number of benzene rings is 2. The van der Waals surface area contributed by atoms with Crippen LogP contribution >= 0.6 is 11.6 Å². The van der Waals surface area contributed by atoms with E-state index < -0.39 is 18.5 Å². The van der Waals surface area contributed by atoms with Crippen LogP contribution in [0.5, 0.6) is 5.75 Å². The highest BCUT2D eigenvalue weighted by Gasteiger charge is 2.13. The number of amides is 1. The van der Waals surface area contributed by atoms with Crippen LogP contribution in [0.4, 0.5) is 5.69 Å². The molecule has 0 unspecified atom stereocenters. The van der Waals surface area contributed by atoms with E-state index >= 15 is 0 Å². The van der Waals surface area contributed by atoms with Crippen LogP contribution < -0.4 is 10.1 Å². The maximum absolute atomic E-state index is 12.2. The Bertz CT molecular complexity index is 1200. The Hall–Kier alpha value is -3.58. The van der Waals surface area contributed by atoms with Crippen molar-refractivity contribution in [2.45, 2.75) is 27.3 Å². The molecule has 172 valence electrons. The Morgan fingerprint density at radius 3 is 2.64 bits per heavy atom. The standard InChI is InChI=1S/C25H26ClN3O4/c1-16-9-11-23(32-4)22(13-16)27-24(30)15-33-25(31)12-10-20-17(2)28-29(18(20)3)14-19-7-5-6-8-21(19)26/h5-13H,14-15H2,1-4H3,(H,27,30)/b12-10+. The van der Waals surface area contributed by atoms with Crippen molar-refractivity contribution < 1.29 is 19.1 Å². The SMILES string of the molecule is COc1ccc(C)cc1NC(=O)COC(=O)/C=C/c1c(C)nn(Cc2ccccc2Cl)c1C. The van der Waals surface area contributed by atoms with Gasteiger partial charge in [-0.1, -0.05) is 35.9 Å². The molecule has 1 aromatic heterocycles. The molecule has 2 aromatic carbocycles. The number of nitrogens with zero attached hydrogens (tertiary/aromatic N) is 2. The third-order valence-electron chi connectivity index (χ3n) is 5.08. The Labute approximate surface area is 198 Å². The summed E-state index contributed by atoms with van der Waals surface area (Å²) in [4.78, 5) is 24.3. The lowest BCUT2D eigenvalue weighted by Crippen LogP contribution is -2.20. The van der Waals surface area contributed by atoms with E-state index in [4.69, 9.17) is 21.1 Å². The van der Waals surface area contributed by atoms with E-state index in [-0.39, 0.29) is 0 Å². The van der Waals surface area contributed by atoms with E-state index in [0.717, 1.165) is 28.1 Å². The second-order valence-electron chi connectivity index (χ2n) is 7.53. The lowest BCUT2D eigenvalue weighted by Gasteiger charge is -2.10. The van der Waals surface area contributed by atoms with Gasteiger partial charge in [0, 0.05) is 22.4 Å². The quantitative estimate of drug-likeness (QED) is 0.383. The van der Waals surface area contributed by atoms with Crippen molar-refractivity contribution in [2.24, 2.45) is 0 Å². The van der Waals surface area contributed by atoms with E-state index in [1.807, 2.05) is 55.8 Å². The second-order valence-corrected chi connectivity index (χ2v) is 7.93. The van der Waals surface area contributed by atoms with Crippen LogP contribution in [-0.2, 0) is 20.9 Å². The Morgan fingerprint density at radius 2 is 1.91 bits per heavy atom. The first-order chi connectivity index (χ1) is 15.8. The topological polar surface area (TPSA) is 82.4 Å². The molecule has 0 radical (unpaired) electrons. The molecular formula is C25H26ClN3O4. The molecule has 0 fully saturated rings. The van der Waals surface area contributed by atoms with Crippen LogP contribution in [0.25, 0.3) is 6.08 Å². The lowest BCUT2D eigenvalue weighted by atomic mass is 10.1. The predicted molar refractivity (Wildman–Crippen MR) is 129 cm³/mol. The highest BCUT2D eigenvalue weighted by Crippen LogP contribution is 2.25. The molecule has 0 atom stereocenters. The second kappa shape index (κ2) is 10.8. The van der Waals surface area contributed by atoms with Crippen molar-refractivity contribution >= 4 is 35.2 Å². The molecule has 0 saturated carbocycles. The van der Waals surface area contributed by atoms with Crippen LogP contribution in [0.1, 0.15) is 28.1 Å². The average Bonchev–Trinajstić information content (AvgIpc) is 3.05. The van der Waals surface area contributed by atoms with Crippen molar-refractivity contribution in [1.82, 2.24) is 9.78 Å². The zero-order valence-electron chi connectivity index (χ0n) is 19.0. The van der Waals surface area contributed by atoms with Gasteiger partial charge in [0.05, 0.1) is 25.0 Å². The zero-order chi connectivity index (χ0) is 24.0. The fourth-order valence-electron chi connectivity index (χ4n) is 3.34. The van der Waals surface area contributed by atoms with Gasteiger partial charge in [-0.05, 0) is 56.2 Å². The molecule has 0 spiro atoms. The van der Waals surface area contributed by atoms with Gasteiger partial charge in [-0.15, -0.1) is 0 Å². The molecule has 1 N–H and O–H groups in total. The molecular weight excluding hydrogens is 442 g/mol. The van der Waals surface area contributed by atoms with Gasteiger partial charge in [-0.3, -0.25) is 9.48 Å². The molecule has 3 aromatic rings. The molecule has 0 saturated heterocycles. The van der Waals surface area contributed by atoms with Crippen molar-refractivity contribution in [3.8, 4) is 5.75 Å². The van der Waals surface area contributed by atoms with Crippen LogP contribution in [-0.4, -0.2) is 35.4 Å². The Morgan fingerprint density at radius 1 is 1.15 bits per heavy atom. The Balaban J connectivity index is 1.59. The van der Waals surface area contributed by atoms with Crippen molar-refractivity contribution in [3.05, 3.63) is 81.6 Å². The summed E-state index contributed by atoms with van der Waals surface area (Å²) in [5.41, 5.74) is 4.91. The summed E-state index contributed by atoms with van der Waals surface area (Å²) in [7, 11) is 1.52. The van der Waals surface area contributed by atoms with Crippen LogP contribution in [0.15, 0.2) is 48.5 Å². The smallest absolute Gasteiger partial charge is 0.331 e. The molecule has 7 nitrogen and oxygen atoms in total. The third kappa shape index (κ3) is 6.23. The lowest BCUT2D eigenvalue weighted by molar-refractivity contribution is -0.142. The van der Waals surface area contributed by atoms with Crippen LogP contribution in [0, 0.1) is 20.8 Å². The molecule has 0 aliphatic carbocycles. The van der Waals surface area contributed by atoms with E-state index in [1.165, 1.54) is 13.2 Å². The number of halogens is 1. The Kier molecular flexibility index (Phi) is 7.90. The number of rotatable bonds is 8. The molecule has 0 aliphatic heterocycles. The van der Waals surface area contributed by atoms with Crippen LogP contribution in [0.2, 0.25) is 5.02 Å². The van der Waals surface area contributed by atoms with Crippen molar-refractivity contribution in [2.75, 3.05) is 19.0 Å². The third-order valence-corrected chi connectivity index (χ3v) is 5.44. The highest BCUT2D eigenvalue weighted by atomic mass is 35.5. The van der Waals surface area contributed by atoms with Gasteiger partial charge in [0.25, 0.3) is 5.91 Å². The minimum absolute atomic E-state index is 0.413. The fourth-order valence-corrected chi connectivity index (χ4v) is 3.53. The van der Waals surface area contributed by atoms with Gasteiger partial charge in [-0.25, -0.2) is 4.79 Å². The summed E-state index contributed by atoms with van der Waals surface area (Å²) in [6.07, 6.45) is 2.93. The van der Waals surface area contributed by atoms with Crippen molar-refractivity contribution in [3.63, 3.8) is 0 Å². The number of anilines is 1. The van der Waals surface area contributed by atoms with E-state index in [0.29, 0.717) is 23.0 Å². The summed E-state index contributed by atoms with van der Waals surface area (Å²) in [5, 5.41) is 7.91. The van der Waals surface area contributed by atoms with Gasteiger partial charge in [0.15, 0.2) is 6.61 Å². The number of hydrogen-bond donors (Lipinski definition) is 1. The molecule has 0 bridgehead atoms. The molecule has 8 heteroatoms. The predicted octanol–water partition coefficient (Wildman–Crippen LogP) is 4.71. The number of aromatic nitrogens is 2. The maximum atomic E-state index is 12.2. The minimum Gasteiger partial charge on any atom is -0.495 e. The molecule has 33 heavy (non-hydrogen) atoms. The number of methoxy groups -OCH3 is 1. The summed E-state index contributed by atoms with van der Waals surface area (Å²) < 4.78 is 12.1. The van der Waals surface area contributed by atoms with Gasteiger partial charge in [0.1, 0.15) is 5.75 Å².